The predicted molar refractivity (Wildman–Crippen MR) is 113 cm³/mol. The van der Waals surface area contributed by atoms with E-state index in [2.05, 4.69) is 37.8 Å². The SMILES string of the molecule is CCCc1ccc(OCC(=O)N2C[C@H](C)N(Cc3ccc(F)cc3)C[C@H]2C)cc1. The van der Waals surface area contributed by atoms with Crippen molar-refractivity contribution in [3.8, 4) is 5.75 Å². The van der Waals surface area contributed by atoms with E-state index in [0.717, 1.165) is 37.2 Å². The van der Waals surface area contributed by atoms with E-state index in [1.807, 2.05) is 29.2 Å². The Morgan fingerprint density at radius 1 is 1.00 bits per heavy atom. The van der Waals surface area contributed by atoms with Crippen molar-refractivity contribution < 1.29 is 13.9 Å². The number of halogens is 1. The number of nitrogens with zero attached hydrogens (tertiary/aromatic N) is 2. The quantitative estimate of drug-likeness (QED) is 0.698. The van der Waals surface area contributed by atoms with Gasteiger partial charge in [-0.15, -0.1) is 0 Å². The van der Waals surface area contributed by atoms with Gasteiger partial charge in [0.25, 0.3) is 5.91 Å². The van der Waals surface area contributed by atoms with Gasteiger partial charge in [-0.25, -0.2) is 4.39 Å². The van der Waals surface area contributed by atoms with Crippen LogP contribution in [-0.2, 0) is 17.8 Å². The van der Waals surface area contributed by atoms with Crippen molar-refractivity contribution in [3.05, 3.63) is 65.5 Å². The molecule has 0 N–H and O–H groups in total. The lowest BCUT2D eigenvalue weighted by Crippen LogP contribution is -2.58. The number of hydrogen-bond donors (Lipinski definition) is 0. The van der Waals surface area contributed by atoms with Gasteiger partial charge in [0.15, 0.2) is 6.61 Å². The molecule has 2 aromatic carbocycles. The normalized spacial score (nSPS) is 19.9. The Balaban J connectivity index is 1.52. The first-order chi connectivity index (χ1) is 14.0. The molecule has 5 heteroatoms. The fraction of sp³-hybridized carbons (Fsp3) is 0.458. The monoisotopic (exact) mass is 398 g/mol. The van der Waals surface area contributed by atoms with E-state index in [0.29, 0.717) is 6.54 Å². The van der Waals surface area contributed by atoms with Crippen LogP contribution in [0.25, 0.3) is 0 Å². The van der Waals surface area contributed by atoms with Gasteiger partial charge in [0, 0.05) is 31.7 Å². The Kier molecular flexibility index (Phi) is 7.26. The van der Waals surface area contributed by atoms with Crippen molar-refractivity contribution >= 4 is 5.91 Å². The fourth-order valence-corrected chi connectivity index (χ4v) is 3.86. The van der Waals surface area contributed by atoms with E-state index in [9.17, 15) is 9.18 Å². The van der Waals surface area contributed by atoms with Gasteiger partial charge in [-0.05, 0) is 55.7 Å². The first kappa shape index (κ1) is 21.3. The molecule has 1 aliphatic heterocycles. The predicted octanol–water partition coefficient (Wildman–Crippen LogP) is 4.28. The number of ether oxygens (including phenoxy) is 1. The number of hydrogen-bond acceptors (Lipinski definition) is 3. The number of piperazine rings is 1. The van der Waals surface area contributed by atoms with Gasteiger partial charge >= 0.3 is 0 Å². The topological polar surface area (TPSA) is 32.8 Å². The van der Waals surface area contributed by atoms with Crippen LogP contribution in [0.3, 0.4) is 0 Å². The minimum atomic E-state index is -0.217. The number of aryl methyl sites for hydroxylation is 1. The molecule has 0 aliphatic carbocycles. The summed E-state index contributed by atoms with van der Waals surface area (Å²) in [7, 11) is 0. The van der Waals surface area contributed by atoms with E-state index >= 15 is 0 Å². The van der Waals surface area contributed by atoms with Crippen molar-refractivity contribution in [1.82, 2.24) is 9.80 Å². The largest absolute Gasteiger partial charge is 0.484 e. The van der Waals surface area contributed by atoms with Gasteiger partial charge in [0.1, 0.15) is 11.6 Å². The number of carbonyl (C=O) groups excluding carboxylic acids is 1. The summed E-state index contributed by atoms with van der Waals surface area (Å²) in [6.07, 6.45) is 2.17. The van der Waals surface area contributed by atoms with Crippen molar-refractivity contribution in [3.63, 3.8) is 0 Å². The molecule has 4 nitrogen and oxygen atoms in total. The summed E-state index contributed by atoms with van der Waals surface area (Å²) < 4.78 is 18.9. The lowest BCUT2D eigenvalue weighted by Gasteiger charge is -2.44. The Morgan fingerprint density at radius 2 is 1.66 bits per heavy atom. The average molecular weight is 399 g/mol. The molecule has 0 spiro atoms. The van der Waals surface area contributed by atoms with E-state index in [1.165, 1.54) is 17.7 Å². The molecule has 0 unspecified atom stereocenters. The van der Waals surface area contributed by atoms with Crippen LogP contribution >= 0.6 is 0 Å². The standard InChI is InChI=1S/C24H31FN2O2/c1-4-5-20-8-12-23(13-9-20)29-17-24(28)27-15-18(2)26(14-19(27)3)16-21-6-10-22(25)11-7-21/h6-13,18-19H,4-5,14-17H2,1-3H3/t18-,19+/m0/s1. The first-order valence-corrected chi connectivity index (χ1v) is 10.5. The van der Waals surface area contributed by atoms with Crippen LogP contribution in [0.5, 0.6) is 5.75 Å². The molecular weight excluding hydrogens is 367 g/mol. The van der Waals surface area contributed by atoms with Crippen molar-refractivity contribution in [2.45, 2.75) is 52.2 Å². The molecule has 1 fully saturated rings. The molecule has 1 heterocycles. The molecular formula is C24H31FN2O2. The number of rotatable bonds is 7. The second kappa shape index (κ2) is 9.88. The smallest absolute Gasteiger partial charge is 0.260 e. The van der Waals surface area contributed by atoms with Crippen LogP contribution in [0.15, 0.2) is 48.5 Å². The van der Waals surface area contributed by atoms with Crippen LogP contribution < -0.4 is 4.74 Å². The van der Waals surface area contributed by atoms with Gasteiger partial charge in [0.05, 0.1) is 0 Å². The Labute approximate surface area is 173 Å². The van der Waals surface area contributed by atoms with E-state index in [1.54, 1.807) is 0 Å². The van der Waals surface area contributed by atoms with Crippen molar-refractivity contribution in [2.24, 2.45) is 0 Å². The third kappa shape index (κ3) is 5.80. The summed E-state index contributed by atoms with van der Waals surface area (Å²) >= 11 is 0. The zero-order valence-corrected chi connectivity index (χ0v) is 17.6. The number of carbonyl (C=O) groups is 1. The van der Waals surface area contributed by atoms with Crippen molar-refractivity contribution in [1.29, 1.82) is 0 Å². The number of benzene rings is 2. The second-order valence-electron chi connectivity index (χ2n) is 7.98. The number of amides is 1. The molecule has 1 amide bonds. The lowest BCUT2D eigenvalue weighted by molar-refractivity contribution is -0.139. The molecule has 0 bridgehead atoms. The van der Waals surface area contributed by atoms with E-state index in [-0.39, 0.29) is 30.4 Å². The summed E-state index contributed by atoms with van der Waals surface area (Å²) in [6.45, 7) is 8.63. The van der Waals surface area contributed by atoms with Crippen LogP contribution in [-0.4, -0.2) is 47.5 Å². The summed E-state index contributed by atoms with van der Waals surface area (Å²) in [5.74, 6) is 0.530. The van der Waals surface area contributed by atoms with Gasteiger partial charge < -0.3 is 9.64 Å². The average Bonchev–Trinajstić information content (AvgIpc) is 2.71. The molecule has 1 saturated heterocycles. The van der Waals surface area contributed by atoms with Gasteiger partial charge in [-0.2, -0.15) is 0 Å². The highest BCUT2D eigenvalue weighted by molar-refractivity contribution is 5.78. The molecule has 2 aromatic rings. The zero-order chi connectivity index (χ0) is 20.8. The highest BCUT2D eigenvalue weighted by Gasteiger charge is 2.32. The highest BCUT2D eigenvalue weighted by Crippen LogP contribution is 2.19. The molecule has 156 valence electrons. The van der Waals surface area contributed by atoms with Gasteiger partial charge in [0.2, 0.25) is 0 Å². The van der Waals surface area contributed by atoms with Crippen LogP contribution in [0, 0.1) is 5.82 Å². The minimum Gasteiger partial charge on any atom is -0.484 e. The summed E-state index contributed by atoms with van der Waals surface area (Å²) in [6, 6.07) is 15.0. The maximum Gasteiger partial charge on any atom is 0.260 e. The van der Waals surface area contributed by atoms with Crippen LogP contribution in [0.4, 0.5) is 4.39 Å². The van der Waals surface area contributed by atoms with E-state index in [4.69, 9.17) is 4.74 Å². The third-order valence-corrected chi connectivity index (χ3v) is 5.56. The highest BCUT2D eigenvalue weighted by atomic mass is 19.1. The molecule has 3 rings (SSSR count). The summed E-state index contributed by atoms with van der Waals surface area (Å²) in [5.41, 5.74) is 2.37. The first-order valence-electron chi connectivity index (χ1n) is 10.5. The third-order valence-electron chi connectivity index (χ3n) is 5.56. The van der Waals surface area contributed by atoms with Crippen LogP contribution in [0.2, 0.25) is 0 Å². The second-order valence-corrected chi connectivity index (χ2v) is 7.98. The lowest BCUT2D eigenvalue weighted by atomic mass is 10.1. The fourth-order valence-electron chi connectivity index (χ4n) is 3.86. The maximum absolute atomic E-state index is 13.1. The molecule has 0 saturated carbocycles. The van der Waals surface area contributed by atoms with Gasteiger partial charge in [-0.1, -0.05) is 37.6 Å². The minimum absolute atomic E-state index is 0.0171. The maximum atomic E-state index is 13.1. The molecule has 0 radical (unpaired) electrons. The van der Waals surface area contributed by atoms with Gasteiger partial charge in [-0.3, -0.25) is 9.69 Å². The Hall–Kier alpha value is -2.40. The van der Waals surface area contributed by atoms with Crippen molar-refractivity contribution in [2.75, 3.05) is 19.7 Å². The van der Waals surface area contributed by atoms with E-state index < -0.39 is 0 Å². The molecule has 2 atom stereocenters. The van der Waals surface area contributed by atoms with Crippen LogP contribution in [0.1, 0.15) is 38.3 Å². The Bertz CT molecular complexity index is 792. The molecule has 29 heavy (non-hydrogen) atoms. The molecule has 1 aliphatic rings. The summed E-state index contributed by atoms with van der Waals surface area (Å²) in [4.78, 5) is 17.0. The summed E-state index contributed by atoms with van der Waals surface area (Å²) in [5, 5.41) is 0. The zero-order valence-electron chi connectivity index (χ0n) is 17.6. The molecule has 0 aromatic heterocycles. The Morgan fingerprint density at radius 3 is 2.31 bits per heavy atom.